The van der Waals surface area contributed by atoms with E-state index in [1.165, 1.54) is 0 Å². The predicted molar refractivity (Wildman–Crippen MR) is 78.4 cm³/mol. The molecule has 0 amide bonds. The van der Waals surface area contributed by atoms with E-state index in [2.05, 4.69) is 9.38 Å². The second-order valence-corrected chi connectivity index (χ2v) is 4.82. The lowest BCUT2D eigenvalue weighted by Crippen LogP contribution is -2.04. The van der Waals surface area contributed by atoms with Crippen LogP contribution in [-0.4, -0.2) is 15.9 Å². The first kappa shape index (κ1) is 12.2. The van der Waals surface area contributed by atoms with Crippen LogP contribution in [0.5, 0.6) is 0 Å². The van der Waals surface area contributed by atoms with Crippen LogP contribution >= 0.6 is 11.6 Å². The monoisotopic (exact) mass is 271 g/mol. The van der Waals surface area contributed by atoms with Gasteiger partial charge in [0, 0.05) is 23.2 Å². The summed E-state index contributed by atoms with van der Waals surface area (Å²) >= 11 is 5.95. The van der Waals surface area contributed by atoms with Crippen molar-refractivity contribution in [3.05, 3.63) is 59.4 Å². The smallest absolute Gasteiger partial charge is 0.137 e. The summed E-state index contributed by atoms with van der Waals surface area (Å²) in [5.41, 5.74) is 9.85. The first-order chi connectivity index (χ1) is 9.29. The predicted octanol–water partition coefficient (Wildman–Crippen LogP) is 3.16. The molecule has 2 N–H and O–H groups in total. The molecule has 2 aromatic heterocycles. The Balaban J connectivity index is 2.24. The molecule has 3 nitrogen and oxygen atoms in total. The van der Waals surface area contributed by atoms with Crippen LogP contribution in [0.4, 0.5) is 0 Å². The standard InChI is InChI=1S/C15H14ClN3/c16-12-6-4-11(5-7-12)15-13(8-9-17)18-14-3-1-2-10-19(14)15/h1-7,10H,8-9,17H2. The van der Waals surface area contributed by atoms with Gasteiger partial charge in [-0.15, -0.1) is 0 Å². The number of pyridine rings is 1. The second-order valence-electron chi connectivity index (χ2n) is 4.38. The van der Waals surface area contributed by atoms with Gasteiger partial charge >= 0.3 is 0 Å². The highest BCUT2D eigenvalue weighted by molar-refractivity contribution is 6.30. The largest absolute Gasteiger partial charge is 0.330 e. The average molecular weight is 272 g/mol. The van der Waals surface area contributed by atoms with Gasteiger partial charge in [0.2, 0.25) is 0 Å². The lowest BCUT2D eigenvalue weighted by molar-refractivity contribution is 0.939. The van der Waals surface area contributed by atoms with Crippen LogP contribution < -0.4 is 5.73 Å². The summed E-state index contributed by atoms with van der Waals surface area (Å²) in [7, 11) is 0. The Morgan fingerprint density at radius 1 is 1.11 bits per heavy atom. The molecule has 0 fully saturated rings. The van der Waals surface area contributed by atoms with Crippen molar-refractivity contribution in [2.75, 3.05) is 6.54 Å². The molecule has 2 heterocycles. The highest BCUT2D eigenvalue weighted by Crippen LogP contribution is 2.26. The first-order valence-corrected chi connectivity index (χ1v) is 6.59. The maximum absolute atomic E-state index is 5.95. The number of imidazole rings is 1. The van der Waals surface area contributed by atoms with Crippen LogP contribution in [0.15, 0.2) is 48.7 Å². The molecule has 4 heteroatoms. The van der Waals surface area contributed by atoms with E-state index in [0.29, 0.717) is 6.54 Å². The van der Waals surface area contributed by atoms with Crippen LogP contribution in [0.3, 0.4) is 0 Å². The Labute approximate surface area is 116 Å². The third-order valence-corrected chi connectivity index (χ3v) is 3.35. The molecular weight excluding hydrogens is 258 g/mol. The highest BCUT2D eigenvalue weighted by atomic mass is 35.5. The Morgan fingerprint density at radius 3 is 2.63 bits per heavy atom. The van der Waals surface area contributed by atoms with Gasteiger partial charge in [0.1, 0.15) is 5.65 Å². The van der Waals surface area contributed by atoms with Gasteiger partial charge in [-0.2, -0.15) is 0 Å². The minimum absolute atomic E-state index is 0.588. The molecule has 0 saturated heterocycles. The van der Waals surface area contributed by atoms with Crippen molar-refractivity contribution in [1.29, 1.82) is 0 Å². The molecule has 0 atom stereocenters. The number of nitrogens with zero attached hydrogens (tertiary/aromatic N) is 2. The number of hydrogen-bond acceptors (Lipinski definition) is 2. The molecule has 0 saturated carbocycles. The molecule has 3 rings (SSSR count). The average Bonchev–Trinajstić information content (AvgIpc) is 2.78. The zero-order valence-corrected chi connectivity index (χ0v) is 11.1. The molecule has 0 aliphatic carbocycles. The topological polar surface area (TPSA) is 43.3 Å². The van der Waals surface area contributed by atoms with Crippen molar-refractivity contribution >= 4 is 17.2 Å². The van der Waals surface area contributed by atoms with E-state index in [-0.39, 0.29) is 0 Å². The molecule has 0 aliphatic heterocycles. The van der Waals surface area contributed by atoms with Crippen molar-refractivity contribution in [1.82, 2.24) is 9.38 Å². The Morgan fingerprint density at radius 2 is 1.89 bits per heavy atom. The molecule has 0 bridgehead atoms. The normalized spacial score (nSPS) is 11.1. The molecule has 0 spiro atoms. The van der Waals surface area contributed by atoms with Gasteiger partial charge in [-0.25, -0.2) is 4.98 Å². The van der Waals surface area contributed by atoms with E-state index in [4.69, 9.17) is 17.3 Å². The lowest BCUT2D eigenvalue weighted by Gasteiger charge is -2.05. The molecule has 19 heavy (non-hydrogen) atoms. The second kappa shape index (κ2) is 5.03. The van der Waals surface area contributed by atoms with Crippen molar-refractivity contribution in [2.45, 2.75) is 6.42 Å². The van der Waals surface area contributed by atoms with Crippen LogP contribution in [0.2, 0.25) is 5.02 Å². The quantitative estimate of drug-likeness (QED) is 0.795. The number of rotatable bonds is 3. The lowest BCUT2D eigenvalue weighted by atomic mass is 10.1. The van der Waals surface area contributed by atoms with Crippen LogP contribution in [0, 0.1) is 0 Å². The molecule has 0 aliphatic rings. The van der Waals surface area contributed by atoms with Gasteiger partial charge in [0.15, 0.2) is 0 Å². The minimum atomic E-state index is 0.588. The Kier molecular flexibility index (Phi) is 3.23. The van der Waals surface area contributed by atoms with Gasteiger partial charge in [0.25, 0.3) is 0 Å². The zero-order valence-electron chi connectivity index (χ0n) is 10.4. The number of benzene rings is 1. The molecular formula is C15H14ClN3. The van der Waals surface area contributed by atoms with Crippen LogP contribution in [0.25, 0.3) is 16.9 Å². The summed E-state index contributed by atoms with van der Waals surface area (Å²) < 4.78 is 2.09. The van der Waals surface area contributed by atoms with Gasteiger partial charge in [0.05, 0.1) is 11.4 Å². The summed E-state index contributed by atoms with van der Waals surface area (Å²) in [6.07, 6.45) is 2.78. The van der Waals surface area contributed by atoms with Crippen molar-refractivity contribution in [2.24, 2.45) is 5.73 Å². The van der Waals surface area contributed by atoms with Crippen LogP contribution in [0.1, 0.15) is 5.69 Å². The Hall–Kier alpha value is -1.84. The fourth-order valence-corrected chi connectivity index (χ4v) is 2.39. The van der Waals surface area contributed by atoms with E-state index in [1.54, 1.807) is 0 Å². The third kappa shape index (κ3) is 2.23. The summed E-state index contributed by atoms with van der Waals surface area (Å²) in [5.74, 6) is 0. The summed E-state index contributed by atoms with van der Waals surface area (Å²) in [4.78, 5) is 4.65. The summed E-state index contributed by atoms with van der Waals surface area (Å²) in [6, 6.07) is 13.8. The van der Waals surface area contributed by atoms with E-state index in [9.17, 15) is 0 Å². The molecule has 3 aromatic rings. The first-order valence-electron chi connectivity index (χ1n) is 6.21. The fraction of sp³-hybridized carbons (Fsp3) is 0.133. The van der Waals surface area contributed by atoms with E-state index in [1.807, 2.05) is 48.7 Å². The SMILES string of the molecule is NCCc1nc2ccccn2c1-c1ccc(Cl)cc1. The summed E-state index contributed by atoms with van der Waals surface area (Å²) in [6.45, 7) is 0.588. The summed E-state index contributed by atoms with van der Waals surface area (Å²) in [5, 5.41) is 0.734. The van der Waals surface area contributed by atoms with Gasteiger partial charge in [-0.3, -0.25) is 4.40 Å². The minimum Gasteiger partial charge on any atom is -0.330 e. The number of aromatic nitrogens is 2. The maximum Gasteiger partial charge on any atom is 0.137 e. The van der Waals surface area contributed by atoms with Gasteiger partial charge < -0.3 is 5.73 Å². The molecule has 96 valence electrons. The third-order valence-electron chi connectivity index (χ3n) is 3.10. The zero-order chi connectivity index (χ0) is 13.2. The molecule has 0 unspecified atom stereocenters. The van der Waals surface area contributed by atoms with Crippen molar-refractivity contribution < 1.29 is 0 Å². The highest BCUT2D eigenvalue weighted by Gasteiger charge is 2.12. The number of hydrogen-bond donors (Lipinski definition) is 1. The molecule has 1 aromatic carbocycles. The van der Waals surface area contributed by atoms with E-state index < -0.39 is 0 Å². The molecule has 0 radical (unpaired) electrons. The maximum atomic E-state index is 5.95. The Bertz CT molecular complexity index is 701. The van der Waals surface area contributed by atoms with E-state index >= 15 is 0 Å². The fourth-order valence-electron chi connectivity index (χ4n) is 2.27. The van der Waals surface area contributed by atoms with E-state index in [0.717, 1.165) is 34.0 Å². The number of nitrogens with two attached hydrogens (primary N) is 1. The van der Waals surface area contributed by atoms with Crippen molar-refractivity contribution in [3.8, 4) is 11.3 Å². The number of halogens is 1. The van der Waals surface area contributed by atoms with Crippen molar-refractivity contribution in [3.63, 3.8) is 0 Å². The number of fused-ring (bicyclic) bond motifs is 1. The van der Waals surface area contributed by atoms with Gasteiger partial charge in [-0.1, -0.05) is 29.8 Å². The van der Waals surface area contributed by atoms with Crippen LogP contribution in [-0.2, 0) is 6.42 Å². The van der Waals surface area contributed by atoms with Gasteiger partial charge in [-0.05, 0) is 30.8 Å².